The van der Waals surface area contributed by atoms with E-state index < -0.39 is 0 Å². The highest BCUT2D eigenvalue weighted by Gasteiger charge is 2.02. The number of phenols is 1. The van der Waals surface area contributed by atoms with Gasteiger partial charge in [0.1, 0.15) is 5.75 Å². The smallest absolute Gasteiger partial charge is 0.121 e. The molecule has 2 aromatic rings. The van der Waals surface area contributed by atoms with Crippen LogP contribution in [0.3, 0.4) is 0 Å². The number of benzene rings is 2. The topological polar surface area (TPSA) is 32.3 Å². The lowest BCUT2D eigenvalue weighted by atomic mass is 10.1. The third-order valence-corrected chi connectivity index (χ3v) is 3.31. The van der Waals surface area contributed by atoms with E-state index in [1.54, 1.807) is 0 Å². The maximum absolute atomic E-state index is 9.73. The molecule has 0 spiro atoms. The van der Waals surface area contributed by atoms with Crippen molar-refractivity contribution in [2.75, 3.05) is 6.54 Å². The van der Waals surface area contributed by atoms with Crippen LogP contribution in [0.2, 0.25) is 0 Å². The highest BCUT2D eigenvalue weighted by Crippen LogP contribution is 2.22. The molecule has 0 amide bonds. The summed E-state index contributed by atoms with van der Waals surface area (Å²) in [5.74, 6) is 0.410. The van der Waals surface area contributed by atoms with Crippen LogP contribution in [0.15, 0.2) is 42.5 Å². The zero-order chi connectivity index (χ0) is 13.7. The molecule has 0 heterocycles. The Morgan fingerprint density at radius 1 is 0.947 bits per heavy atom. The van der Waals surface area contributed by atoms with Crippen LogP contribution in [0.25, 0.3) is 0 Å². The first-order valence-corrected chi connectivity index (χ1v) is 6.70. The second-order valence-corrected chi connectivity index (χ2v) is 4.99. The van der Waals surface area contributed by atoms with E-state index in [1.165, 1.54) is 11.1 Å². The van der Waals surface area contributed by atoms with Crippen LogP contribution in [-0.2, 0) is 13.0 Å². The number of hydrogen-bond acceptors (Lipinski definition) is 2. The van der Waals surface area contributed by atoms with Crippen LogP contribution in [-0.4, -0.2) is 11.7 Å². The first-order valence-electron chi connectivity index (χ1n) is 6.70. The monoisotopic (exact) mass is 255 g/mol. The van der Waals surface area contributed by atoms with Crippen molar-refractivity contribution in [3.05, 3.63) is 64.7 Å². The van der Waals surface area contributed by atoms with Crippen LogP contribution in [0.1, 0.15) is 22.3 Å². The minimum absolute atomic E-state index is 0.410. The van der Waals surface area contributed by atoms with Gasteiger partial charge in [-0.1, -0.05) is 42.5 Å². The quantitative estimate of drug-likeness (QED) is 0.803. The lowest BCUT2D eigenvalue weighted by Gasteiger charge is -2.09. The van der Waals surface area contributed by atoms with E-state index in [1.807, 2.05) is 32.0 Å². The third kappa shape index (κ3) is 3.83. The first-order chi connectivity index (χ1) is 9.16. The fourth-order valence-corrected chi connectivity index (χ4v) is 2.26. The second kappa shape index (κ2) is 6.39. The van der Waals surface area contributed by atoms with Crippen LogP contribution >= 0.6 is 0 Å². The molecule has 0 atom stereocenters. The molecule has 0 unspecified atom stereocenters. The van der Waals surface area contributed by atoms with Gasteiger partial charge in [-0.15, -0.1) is 0 Å². The highest BCUT2D eigenvalue weighted by atomic mass is 16.3. The van der Waals surface area contributed by atoms with E-state index in [0.717, 1.165) is 30.6 Å². The molecule has 2 N–H and O–H groups in total. The molecule has 0 fully saturated rings. The molecule has 0 saturated carbocycles. The van der Waals surface area contributed by atoms with Gasteiger partial charge < -0.3 is 10.4 Å². The van der Waals surface area contributed by atoms with Crippen molar-refractivity contribution >= 4 is 0 Å². The summed E-state index contributed by atoms with van der Waals surface area (Å²) < 4.78 is 0. The molecule has 2 aromatic carbocycles. The van der Waals surface area contributed by atoms with E-state index in [2.05, 4.69) is 29.6 Å². The van der Waals surface area contributed by atoms with Gasteiger partial charge in [-0.2, -0.15) is 0 Å². The third-order valence-electron chi connectivity index (χ3n) is 3.31. The average Bonchev–Trinajstić information content (AvgIpc) is 2.42. The molecular formula is C17H21NO. The molecule has 0 radical (unpaired) electrons. The lowest BCUT2D eigenvalue weighted by molar-refractivity contribution is 0.466. The van der Waals surface area contributed by atoms with Gasteiger partial charge in [0.2, 0.25) is 0 Å². The lowest BCUT2D eigenvalue weighted by Crippen LogP contribution is -2.16. The largest absolute Gasteiger partial charge is 0.507 e. The molecule has 2 nitrogen and oxygen atoms in total. The standard InChI is InChI=1S/C17H21NO/c1-13-10-16(11-14(2)17(13)19)12-18-9-8-15-6-4-3-5-7-15/h3-7,10-11,18-19H,8-9,12H2,1-2H3. The average molecular weight is 255 g/mol. The number of hydrogen-bond donors (Lipinski definition) is 2. The zero-order valence-corrected chi connectivity index (χ0v) is 11.6. The fourth-order valence-electron chi connectivity index (χ4n) is 2.26. The minimum Gasteiger partial charge on any atom is -0.507 e. The van der Waals surface area contributed by atoms with Gasteiger partial charge >= 0.3 is 0 Å². The van der Waals surface area contributed by atoms with E-state index >= 15 is 0 Å². The Bertz CT molecular complexity index is 511. The summed E-state index contributed by atoms with van der Waals surface area (Å²) in [5, 5.41) is 13.2. The van der Waals surface area contributed by atoms with Gasteiger partial charge in [0.15, 0.2) is 0 Å². The van der Waals surface area contributed by atoms with Crippen molar-refractivity contribution < 1.29 is 5.11 Å². The Morgan fingerprint density at radius 3 is 2.21 bits per heavy atom. The summed E-state index contributed by atoms with van der Waals surface area (Å²) in [5.41, 5.74) is 4.47. The Kier molecular flexibility index (Phi) is 4.58. The van der Waals surface area contributed by atoms with Crippen LogP contribution in [0.5, 0.6) is 5.75 Å². The van der Waals surface area contributed by atoms with Crippen LogP contribution in [0.4, 0.5) is 0 Å². The van der Waals surface area contributed by atoms with Crippen LogP contribution < -0.4 is 5.32 Å². The summed E-state index contributed by atoms with van der Waals surface area (Å²) in [6.07, 6.45) is 1.04. The molecule has 19 heavy (non-hydrogen) atoms. The molecule has 100 valence electrons. The molecule has 2 rings (SSSR count). The van der Waals surface area contributed by atoms with Crippen molar-refractivity contribution in [3.8, 4) is 5.75 Å². The van der Waals surface area contributed by atoms with Crippen molar-refractivity contribution in [2.24, 2.45) is 0 Å². The molecule has 0 aromatic heterocycles. The summed E-state index contributed by atoms with van der Waals surface area (Å²) in [6.45, 7) is 5.68. The van der Waals surface area contributed by atoms with E-state index in [4.69, 9.17) is 0 Å². The van der Waals surface area contributed by atoms with Gasteiger partial charge in [-0.05, 0) is 49.1 Å². The maximum atomic E-state index is 9.73. The van der Waals surface area contributed by atoms with E-state index in [9.17, 15) is 5.11 Å². The zero-order valence-electron chi connectivity index (χ0n) is 11.6. The van der Waals surface area contributed by atoms with E-state index in [-0.39, 0.29) is 0 Å². The summed E-state index contributed by atoms with van der Waals surface area (Å²) >= 11 is 0. The number of aromatic hydroxyl groups is 1. The Balaban J connectivity index is 1.83. The maximum Gasteiger partial charge on any atom is 0.121 e. The molecule has 2 heteroatoms. The number of rotatable bonds is 5. The fraction of sp³-hybridized carbons (Fsp3) is 0.294. The number of aryl methyl sites for hydroxylation is 2. The second-order valence-electron chi connectivity index (χ2n) is 4.99. The number of nitrogens with one attached hydrogen (secondary N) is 1. The Hall–Kier alpha value is -1.80. The summed E-state index contributed by atoms with van der Waals surface area (Å²) in [6, 6.07) is 14.6. The summed E-state index contributed by atoms with van der Waals surface area (Å²) in [7, 11) is 0. The van der Waals surface area contributed by atoms with Crippen molar-refractivity contribution in [1.29, 1.82) is 0 Å². The molecule has 0 saturated heterocycles. The van der Waals surface area contributed by atoms with Crippen molar-refractivity contribution in [1.82, 2.24) is 5.32 Å². The van der Waals surface area contributed by atoms with E-state index in [0.29, 0.717) is 5.75 Å². The normalized spacial score (nSPS) is 10.6. The number of phenolic OH excluding ortho intramolecular Hbond substituents is 1. The highest BCUT2D eigenvalue weighted by molar-refractivity contribution is 5.42. The van der Waals surface area contributed by atoms with Crippen molar-refractivity contribution in [2.45, 2.75) is 26.8 Å². The Labute approximate surface area is 115 Å². The van der Waals surface area contributed by atoms with Gasteiger partial charge in [0, 0.05) is 6.54 Å². The summed E-state index contributed by atoms with van der Waals surface area (Å²) in [4.78, 5) is 0. The first kappa shape index (κ1) is 13.6. The molecule has 0 aliphatic carbocycles. The molecule has 0 aliphatic heterocycles. The van der Waals surface area contributed by atoms with Crippen LogP contribution in [0, 0.1) is 13.8 Å². The molecule has 0 bridgehead atoms. The van der Waals surface area contributed by atoms with Crippen molar-refractivity contribution in [3.63, 3.8) is 0 Å². The van der Waals surface area contributed by atoms with Gasteiger partial charge in [-0.25, -0.2) is 0 Å². The predicted octanol–water partition coefficient (Wildman–Crippen LogP) is 3.34. The predicted molar refractivity (Wildman–Crippen MR) is 79.4 cm³/mol. The molecule has 0 aliphatic rings. The van der Waals surface area contributed by atoms with Gasteiger partial charge in [0.05, 0.1) is 0 Å². The molecular weight excluding hydrogens is 234 g/mol. The SMILES string of the molecule is Cc1cc(CNCCc2ccccc2)cc(C)c1O. The minimum atomic E-state index is 0.410. The van der Waals surface area contributed by atoms with Gasteiger partial charge in [-0.3, -0.25) is 0 Å². The van der Waals surface area contributed by atoms with Gasteiger partial charge in [0.25, 0.3) is 0 Å². The Morgan fingerprint density at radius 2 is 1.58 bits per heavy atom.